The minimum atomic E-state index is -1.07. The van der Waals surface area contributed by atoms with Gasteiger partial charge in [-0.05, 0) is 12.8 Å². The number of nitrogens with zero attached hydrogens (tertiary/aromatic N) is 1. The molecule has 5 heteroatoms. The molecular weight excluding hydrogens is 170 g/mol. The number of unbranched alkanes of at least 4 members (excludes halogenated alkanes) is 2. The Morgan fingerprint density at radius 1 is 1.54 bits per heavy atom. The van der Waals surface area contributed by atoms with Gasteiger partial charge in [0.1, 0.15) is 0 Å². The van der Waals surface area contributed by atoms with E-state index >= 15 is 0 Å². The molecule has 76 valence electrons. The van der Waals surface area contributed by atoms with Crippen molar-refractivity contribution >= 4 is 12.1 Å². The number of nitrogens with two attached hydrogens (primary N) is 1. The average molecular weight is 188 g/mol. The van der Waals surface area contributed by atoms with Crippen molar-refractivity contribution in [2.24, 2.45) is 5.73 Å². The zero-order valence-electron chi connectivity index (χ0n) is 8.21. The summed E-state index contributed by atoms with van der Waals surface area (Å²) in [4.78, 5) is 10.8. The monoisotopic (exact) mass is 188 g/mol. The van der Waals surface area contributed by atoms with E-state index < -0.39 is 10.6 Å². The minimum Gasteiger partial charge on any atom is -0.435 e. The number of amides is 1. The molecule has 0 bridgehead atoms. The summed E-state index contributed by atoms with van der Waals surface area (Å²) in [7, 11) is 1.44. The lowest BCUT2D eigenvalue weighted by molar-refractivity contribution is -0.746. The second kappa shape index (κ2) is 4.81. The summed E-state index contributed by atoms with van der Waals surface area (Å²) in [5.74, 6) is -0.316. The highest BCUT2D eigenvalue weighted by Crippen LogP contribution is 2.06. The fourth-order valence-electron chi connectivity index (χ4n) is 0.997. The first-order valence-electron chi connectivity index (χ1n) is 4.38. The normalized spacial score (nSPS) is 14.9. The Labute approximate surface area is 78.2 Å². The van der Waals surface area contributed by atoms with Gasteiger partial charge in [0.05, 0.1) is 13.6 Å². The van der Waals surface area contributed by atoms with E-state index in [1.54, 1.807) is 0 Å². The van der Waals surface area contributed by atoms with E-state index in [0.29, 0.717) is 6.54 Å². The first-order valence-corrected chi connectivity index (χ1v) is 4.38. The maximum atomic E-state index is 10.8. The highest BCUT2D eigenvalue weighted by molar-refractivity contribution is 5.78. The molecule has 0 spiro atoms. The standard InChI is InChI=1S/C8H17N3O2/c1-3-4-5-6-11(2,7(9)10)8(12)13/h3-6H2,1-2H3,(H3-,9,10,12,13)/p+1. The zero-order valence-corrected chi connectivity index (χ0v) is 8.21. The molecule has 4 N–H and O–H groups in total. The van der Waals surface area contributed by atoms with Crippen molar-refractivity contribution in [1.29, 1.82) is 5.41 Å². The van der Waals surface area contributed by atoms with Crippen LogP contribution in [0.4, 0.5) is 4.79 Å². The number of hydrogen-bond donors (Lipinski definition) is 3. The lowest BCUT2D eigenvalue weighted by Gasteiger charge is -2.24. The molecule has 0 aromatic rings. The largest absolute Gasteiger partial charge is 0.521 e. The molecule has 1 unspecified atom stereocenters. The molecule has 0 saturated heterocycles. The fourth-order valence-corrected chi connectivity index (χ4v) is 0.997. The summed E-state index contributed by atoms with van der Waals surface area (Å²) >= 11 is 0. The van der Waals surface area contributed by atoms with Gasteiger partial charge in [-0.1, -0.05) is 13.3 Å². The van der Waals surface area contributed by atoms with Crippen LogP contribution in [0.3, 0.4) is 0 Å². The Morgan fingerprint density at radius 2 is 2.08 bits per heavy atom. The van der Waals surface area contributed by atoms with Crippen LogP contribution < -0.4 is 5.73 Å². The number of nitrogens with one attached hydrogen (secondary N) is 1. The highest BCUT2D eigenvalue weighted by atomic mass is 16.4. The van der Waals surface area contributed by atoms with Crippen molar-refractivity contribution in [2.45, 2.75) is 26.2 Å². The summed E-state index contributed by atoms with van der Waals surface area (Å²) in [6.45, 7) is 2.43. The number of hydrogen-bond acceptors (Lipinski definition) is 2. The molecule has 0 aromatic heterocycles. The Bertz CT molecular complexity index is 190. The summed E-state index contributed by atoms with van der Waals surface area (Å²) in [6.07, 6.45) is 1.70. The number of guanidine groups is 1. The van der Waals surface area contributed by atoms with Crippen LogP contribution in [0.1, 0.15) is 26.2 Å². The van der Waals surface area contributed by atoms with Gasteiger partial charge >= 0.3 is 12.1 Å². The van der Waals surface area contributed by atoms with E-state index in [1.807, 2.05) is 6.92 Å². The molecule has 0 aliphatic rings. The minimum absolute atomic E-state index is 0.316. The van der Waals surface area contributed by atoms with E-state index in [0.717, 1.165) is 19.3 Å². The van der Waals surface area contributed by atoms with Crippen molar-refractivity contribution < 1.29 is 14.4 Å². The number of carboxylic acid groups (broad SMARTS) is 1. The van der Waals surface area contributed by atoms with Crippen LogP contribution in [0.15, 0.2) is 0 Å². The molecule has 0 aliphatic heterocycles. The predicted octanol–water partition coefficient (Wildman–Crippen LogP) is 1.19. The SMILES string of the molecule is CCCCC[N+](C)(C(=N)N)C(=O)O. The maximum absolute atomic E-state index is 10.8. The van der Waals surface area contributed by atoms with Gasteiger partial charge in [0.25, 0.3) is 0 Å². The van der Waals surface area contributed by atoms with E-state index in [-0.39, 0.29) is 5.96 Å². The van der Waals surface area contributed by atoms with Crippen molar-refractivity contribution in [3.05, 3.63) is 0 Å². The highest BCUT2D eigenvalue weighted by Gasteiger charge is 2.35. The van der Waals surface area contributed by atoms with Gasteiger partial charge in [0.15, 0.2) is 0 Å². The second-order valence-electron chi connectivity index (χ2n) is 3.29. The van der Waals surface area contributed by atoms with E-state index in [1.165, 1.54) is 7.05 Å². The molecule has 0 aromatic carbocycles. The van der Waals surface area contributed by atoms with Crippen molar-refractivity contribution in [2.75, 3.05) is 13.6 Å². The molecule has 0 heterocycles. The van der Waals surface area contributed by atoms with E-state index in [2.05, 4.69) is 0 Å². The van der Waals surface area contributed by atoms with Gasteiger partial charge < -0.3 is 10.8 Å². The van der Waals surface area contributed by atoms with Crippen molar-refractivity contribution in [3.63, 3.8) is 0 Å². The van der Waals surface area contributed by atoms with Crippen LogP contribution in [0.25, 0.3) is 0 Å². The molecular formula is C8H18N3O2+. The summed E-state index contributed by atoms with van der Waals surface area (Å²) in [6, 6.07) is 0. The van der Waals surface area contributed by atoms with Crippen LogP contribution in [-0.2, 0) is 0 Å². The van der Waals surface area contributed by atoms with Gasteiger partial charge in [-0.15, -0.1) is 0 Å². The zero-order chi connectivity index (χ0) is 10.5. The van der Waals surface area contributed by atoms with Crippen molar-refractivity contribution in [3.8, 4) is 0 Å². The smallest absolute Gasteiger partial charge is 0.435 e. The topological polar surface area (TPSA) is 87.2 Å². The van der Waals surface area contributed by atoms with Crippen LogP contribution >= 0.6 is 0 Å². The molecule has 0 aliphatic carbocycles. The second-order valence-corrected chi connectivity index (χ2v) is 3.29. The van der Waals surface area contributed by atoms with E-state index in [9.17, 15) is 4.79 Å². The lowest BCUT2D eigenvalue weighted by Crippen LogP contribution is -2.56. The number of quaternary nitrogens is 1. The first-order chi connectivity index (χ1) is 5.95. The Balaban J connectivity index is 4.26. The van der Waals surface area contributed by atoms with Crippen LogP contribution in [0.5, 0.6) is 0 Å². The van der Waals surface area contributed by atoms with Crippen molar-refractivity contribution in [1.82, 2.24) is 0 Å². The lowest BCUT2D eigenvalue weighted by atomic mass is 10.2. The Kier molecular flexibility index (Phi) is 4.40. The average Bonchev–Trinajstić information content (AvgIpc) is 2.03. The maximum Gasteiger partial charge on any atom is 0.521 e. The fraction of sp³-hybridized carbons (Fsp3) is 0.750. The molecule has 1 amide bonds. The summed E-state index contributed by atoms with van der Waals surface area (Å²) in [5, 5.41) is 16.0. The third-order valence-electron chi connectivity index (χ3n) is 2.16. The molecule has 5 nitrogen and oxygen atoms in total. The number of carbonyl (C=O) groups is 1. The van der Waals surface area contributed by atoms with Gasteiger partial charge in [-0.2, -0.15) is 9.28 Å². The quantitative estimate of drug-likeness (QED) is 0.268. The van der Waals surface area contributed by atoms with Gasteiger partial charge in [-0.3, -0.25) is 0 Å². The molecule has 13 heavy (non-hydrogen) atoms. The molecule has 0 fully saturated rings. The summed E-state index contributed by atoms with van der Waals surface area (Å²) in [5.41, 5.74) is 5.23. The predicted molar refractivity (Wildman–Crippen MR) is 50.5 cm³/mol. The third-order valence-corrected chi connectivity index (χ3v) is 2.16. The first kappa shape index (κ1) is 11.9. The van der Waals surface area contributed by atoms with Gasteiger partial charge in [0.2, 0.25) is 0 Å². The van der Waals surface area contributed by atoms with Crippen LogP contribution in [0, 0.1) is 5.41 Å². The third kappa shape index (κ3) is 3.02. The molecule has 0 rings (SSSR count). The number of rotatable bonds is 4. The van der Waals surface area contributed by atoms with Crippen LogP contribution in [-0.4, -0.2) is 35.2 Å². The Hall–Kier alpha value is -1.10. The summed E-state index contributed by atoms with van der Waals surface area (Å²) < 4.78 is -0.500. The molecule has 0 saturated carbocycles. The molecule has 0 radical (unpaired) electrons. The van der Waals surface area contributed by atoms with E-state index in [4.69, 9.17) is 16.2 Å². The molecule has 1 atom stereocenters. The van der Waals surface area contributed by atoms with Gasteiger partial charge in [0, 0.05) is 0 Å². The van der Waals surface area contributed by atoms with Crippen LogP contribution in [0.2, 0.25) is 0 Å². The Morgan fingerprint density at radius 3 is 2.38 bits per heavy atom. The van der Waals surface area contributed by atoms with Gasteiger partial charge in [-0.25, -0.2) is 5.41 Å².